The lowest BCUT2D eigenvalue weighted by Crippen LogP contribution is -2.69. The summed E-state index contributed by atoms with van der Waals surface area (Å²) in [7, 11) is 0. The number of nitrogens with zero attached hydrogens (tertiary/aromatic N) is 3. The summed E-state index contributed by atoms with van der Waals surface area (Å²) in [5.41, 5.74) is -0.737. The van der Waals surface area contributed by atoms with Gasteiger partial charge in [-0.25, -0.2) is 0 Å². The van der Waals surface area contributed by atoms with Crippen LogP contribution in [0.2, 0.25) is 0 Å². The van der Waals surface area contributed by atoms with Crippen LogP contribution in [-0.4, -0.2) is 105 Å². The molecule has 5 fully saturated rings. The number of carboxylic acid groups (broad SMARTS) is 3. The number of carbonyl (C=O) groups is 12. The van der Waals surface area contributed by atoms with Crippen molar-refractivity contribution in [1.82, 2.24) is 31.3 Å². The van der Waals surface area contributed by atoms with Crippen molar-refractivity contribution in [2.24, 2.45) is 37.9 Å². The van der Waals surface area contributed by atoms with Crippen LogP contribution in [0.5, 0.6) is 0 Å². The molecule has 424 valence electrons. The van der Waals surface area contributed by atoms with Crippen LogP contribution in [-0.2, 0) is 57.5 Å². The Balaban J connectivity index is 1.58. The smallest absolute Gasteiger partial charge is 0.309 e. The fraction of sp³-hybridized carbons (Fsp3) is 0.673. The molecule has 5 rings (SSSR count). The van der Waals surface area contributed by atoms with Gasteiger partial charge >= 0.3 is 17.9 Å². The Kier molecular flexibility index (Phi) is 17.8. The van der Waals surface area contributed by atoms with Crippen molar-refractivity contribution >= 4 is 93.7 Å². The van der Waals surface area contributed by atoms with Crippen LogP contribution in [0, 0.1) is 37.9 Å². The van der Waals surface area contributed by atoms with Crippen LogP contribution in [0.1, 0.15) is 192 Å². The first-order valence-electron chi connectivity index (χ1n) is 26.4. The van der Waals surface area contributed by atoms with E-state index in [1.54, 1.807) is 41.5 Å². The summed E-state index contributed by atoms with van der Waals surface area (Å²) >= 11 is 1.88. The molecule has 21 nitrogen and oxygen atoms in total. The van der Waals surface area contributed by atoms with Gasteiger partial charge in [0.15, 0.2) is 0 Å². The van der Waals surface area contributed by atoms with Crippen molar-refractivity contribution in [2.75, 3.05) is 0 Å². The van der Waals surface area contributed by atoms with E-state index >= 15 is 0 Å². The Labute approximate surface area is 463 Å². The molecule has 77 heavy (non-hydrogen) atoms. The molecule has 4 bridgehead atoms. The highest BCUT2D eigenvalue weighted by molar-refractivity contribution is 14.1. The van der Waals surface area contributed by atoms with Crippen molar-refractivity contribution in [3.05, 3.63) is 34.4 Å². The molecule has 2 aliphatic carbocycles. The summed E-state index contributed by atoms with van der Waals surface area (Å²) < 4.78 is -1.34. The maximum atomic E-state index is 14.7. The van der Waals surface area contributed by atoms with Crippen molar-refractivity contribution in [3.63, 3.8) is 0 Å². The summed E-state index contributed by atoms with van der Waals surface area (Å²) in [5.74, 6) is -11.0. The third-order valence-electron chi connectivity index (χ3n) is 16.6. The number of carboxylic acids is 3. The molecule has 3 saturated heterocycles. The highest BCUT2D eigenvalue weighted by Gasteiger charge is 2.66. The number of rotatable bonds is 21. The van der Waals surface area contributed by atoms with Gasteiger partial charge in [0.25, 0.3) is 29.5 Å². The Morgan fingerprint density at radius 2 is 0.948 bits per heavy atom. The number of hydrazine groups is 3. The zero-order valence-electron chi connectivity index (χ0n) is 46.4. The zero-order chi connectivity index (χ0) is 58.4. The number of hydrogen-bond donors (Lipinski definition) is 6. The molecule has 3 aliphatic heterocycles. The third-order valence-corrected chi connectivity index (χ3v) is 17.9. The third kappa shape index (κ3) is 12.0. The first-order chi connectivity index (χ1) is 35.4. The minimum Gasteiger partial charge on any atom is -0.481 e. The van der Waals surface area contributed by atoms with Crippen LogP contribution in [0.4, 0.5) is 0 Å². The molecular formula is C55H77IN6O15. The van der Waals surface area contributed by atoms with E-state index in [-0.39, 0.29) is 81.8 Å². The normalized spacial score (nSPS) is 32.9. The molecular weight excluding hydrogens is 1110 g/mol. The summed E-state index contributed by atoms with van der Waals surface area (Å²) in [5, 5.41) is 32.4. The second kappa shape index (κ2) is 22.1. The summed E-state index contributed by atoms with van der Waals surface area (Å²) in [4.78, 5) is 165. The molecule has 3 heterocycles. The van der Waals surface area contributed by atoms with E-state index in [2.05, 4.69) is 22.9 Å². The van der Waals surface area contributed by atoms with E-state index in [1.165, 1.54) is 20.8 Å². The molecule has 5 aliphatic rings. The number of allylic oxidation sites excluding steroid dienone is 2. The lowest BCUT2D eigenvalue weighted by molar-refractivity contribution is -0.188. The van der Waals surface area contributed by atoms with Crippen LogP contribution in [0.15, 0.2) is 34.4 Å². The van der Waals surface area contributed by atoms with Gasteiger partial charge in [-0.15, -0.1) is 0 Å². The first-order valence-corrected chi connectivity index (χ1v) is 27.5. The first kappa shape index (κ1) is 62.0. The standard InChI is InChI=1S/C55H77IN6O15/c1-13-17-32(21-37(64)59-62-43(70)52(10)28-54(12,47(76)77)30-55(56,29-52)44(62)71)33(16-4)35(22-38(65)57-60-39(66)23-49(7,45(72)73)24-48(6,19-15-3)40(60)67)34(18-14-2)31(5)20-36(63)58-61-41(68)50(8)25-51(9,42(61)69)27-53(11,26-50)46(74)75/h5,13-30H2,1-4,6-12H3,(H,57,65)(H,58,63)(H,59,64)(H,72,73)(H,74,75)(H,76,77)/b33-32+,35-34-/t48-,49+,50-,51+,52-,53?,54+,55+/m1/s1. The van der Waals surface area contributed by atoms with E-state index in [9.17, 15) is 72.9 Å². The van der Waals surface area contributed by atoms with Gasteiger partial charge in [-0.3, -0.25) is 73.8 Å². The summed E-state index contributed by atoms with van der Waals surface area (Å²) in [6.07, 6.45) is -0.581. The van der Waals surface area contributed by atoms with Crippen molar-refractivity contribution < 1.29 is 72.9 Å². The van der Waals surface area contributed by atoms with E-state index < -0.39 is 138 Å². The van der Waals surface area contributed by atoms with Gasteiger partial charge in [0.1, 0.15) is 3.42 Å². The van der Waals surface area contributed by atoms with E-state index in [1.807, 2.05) is 36.4 Å². The second-order valence-electron chi connectivity index (χ2n) is 24.5. The highest BCUT2D eigenvalue weighted by atomic mass is 127. The number of aliphatic carboxylic acids is 3. The molecule has 8 atom stereocenters. The van der Waals surface area contributed by atoms with Crippen LogP contribution < -0.4 is 16.3 Å². The van der Waals surface area contributed by atoms with Gasteiger partial charge in [0.05, 0.1) is 45.3 Å². The summed E-state index contributed by atoms with van der Waals surface area (Å²) in [6, 6.07) is 0. The fourth-order valence-electron chi connectivity index (χ4n) is 13.8. The molecule has 9 amide bonds. The maximum Gasteiger partial charge on any atom is 0.309 e. The van der Waals surface area contributed by atoms with Crippen LogP contribution in [0.3, 0.4) is 0 Å². The molecule has 0 radical (unpaired) electrons. The molecule has 22 heteroatoms. The molecule has 1 unspecified atom stereocenters. The Morgan fingerprint density at radius 3 is 1.42 bits per heavy atom. The number of nitrogens with one attached hydrogen (secondary N) is 3. The predicted molar refractivity (Wildman–Crippen MR) is 285 cm³/mol. The van der Waals surface area contributed by atoms with Crippen molar-refractivity contribution in [2.45, 2.75) is 195 Å². The number of hydrogen-bond acceptors (Lipinski definition) is 12. The van der Waals surface area contributed by atoms with E-state index in [0.717, 1.165) is 0 Å². The SMILES string of the molecule is C=C(CC(=O)NN1C(=O)[C@@]2(C)CC(C)(C(=O)O)C[C@](C)(C2)C1=O)/C(CCC)=C(CC(=O)NN1C(=O)C[C@](C)(C(=O)O)C[C@@](C)(CCC)C1=O)\C(CC)=C(/CCC)CC(=O)NN1C(=O)[C@]2(C)C[C@](C)(C(=O)O)C[C@@](I)(C2)C1=O. The van der Waals surface area contributed by atoms with E-state index in [0.29, 0.717) is 51.0 Å². The number of imide groups is 3. The zero-order valence-corrected chi connectivity index (χ0v) is 48.6. The molecule has 0 aromatic rings. The van der Waals surface area contributed by atoms with Crippen molar-refractivity contribution in [3.8, 4) is 0 Å². The Morgan fingerprint density at radius 1 is 0.506 bits per heavy atom. The highest BCUT2D eigenvalue weighted by Crippen LogP contribution is 2.59. The Bertz CT molecular complexity index is 2620. The van der Waals surface area contributed by atoms with E-state index in [4.69, 9.17) is 0 Å². The van der Waals surface area contributed by atoms with Gasteiger partial charge in [0.2, 0.25) is 23.6 Å². The van der Waals surface area contributed by atoms with Gasteiger partial charge in [-0.2, -0.15) is 15.0 Å². The molecule has 6 N–H and O–H groups in total. The van der Waals surface area contributed by atoms with Gasteiger partial charge in [0, 0.05) is 18.3 Å². The Hall–Kier alpha value is -5.81. The minimum absolute atomic E-state index is 0.0633. The van der Waals surface area contributed by atoms with Crippen LogP contribution >= 0.6 is 22.6 Å². The number of alkyl halides is 1. The van der Waals surface area contributed by atoms with Gasteiger partial charge in [-0.05, 0) is 114 Å². The van der Waals surface area contributed by atoms with Crippen LogP contribution in [0.25, 0.3) is 0 Å². The average Bonchev–Trinajstić information content (AvgIpc) is 3.37. The number of amides is 9. The lowest BCUT2D eigenvalue weighted by Gasteiger charge is -2.54. The minimum atomic E-state index is -1.66. The number of halogens is 1. The predicted octanol–water partition coefficient (Wildman–Crippen LogP) is 6.94. The number of fused-ring (bicyclic) bond motifs is 4. The molecule has 0 spiro atoms. The largest absolute Gasteiger partial charge is 0.481 e. The second-order valence-corrected chi connectivity index (χ2v) is 26.6. The number of piperidine rings is 2. The number of carbonyl (C=O) groups excluding carboxylic acids is 9. The summed E-state index contributed by atoms with van der Waals surface area (Å²) in [6.45, 7) is 22.1. The lowest BCUT2D eigenvalue weighted by atomic mass is 9.52. The quantitative estimate of drug-likeness (QED) is 0.0294. The fourth-order valence-corrected chi connectivity index (χ4v) is 15.8. The molecule has 0 aromatic carbocycles. The molecule has 2 saturated carbocycles. The van der Waals surface area contributed by atoms with Crippen molar-refractivity contribution in [1.29, 1.82) is 0 Å². The van der Waals surface area contributed by atoms with Gasteiger partial charge < -0.3 is 15.3 Å². The van der Waals surface area contributed by atoms with Gasteiger partial charge in [-0.1, -0.05) is 109 Å². The molecule has 0 aromatic heterocycles. The maximum absolute atomic E-state index is 14.7. The monoisotopic (exact) mass is 1190 g/mol. The topological polar surface area (TPSA) is 311 Å². The average molecular weight is 1190 g/mol.